The zero-order valence-electron chi connectivity index (χ0n) is 11.9. The van der Waals surface area contributed by atoms with E-state index in [1.54, 1.807) is 0 Å². The molecule has 1 aliphatic heterocycles. The van der Waals surface area contributed by atoms with Crippen LogP contribution in [0.25, 0.3) is 0 Å². The molecule has 1 aliphatic rings. The SMILES string of the molecule is CC(=O)O[C@@H]1CCN(C(=O)OCc2ccccc2)C[C@H]1O. The second-order valence-electron chi connectivity index (χ2n) is 4.99. The number of carbonyl (C=O) groups excluding carboxylic acids is 2. The van der Waals surface area contributed by atoms with E-state index in [9.17, 15) is 14.7 Å². The van der Waals surface area contributed by atoms with Crippen LogP contribution in [0.3, 0.4) is 0 Å². The van der Waals surface area contributed by atoms with Gasteiger partial charge in [-0.25, -0.2) is 4.79 Å². The number of nitrogens with zero attached hydrogens (tertiary/aromatic N) is 1. The monoisotopic (exact) mass is 293 g/mol. The lowest BCUT2D eigenvalue weighted by atomic mass is 10.1. The summed E-state index contributed by atoms with van der Waals surface area (Å²) in [6.07, 6.45) is -1.51. The van der Waals surface area contributed by atoms with Crippen molar-refractivity contribution in [3.8, 4) is 0 Å². The molecule has 2 rings (SSSR count). The van der Waals surface area contributed by atoms with Gasteiger partial charge in [-0.1, -0.05) is 30.3 Å². The Morgan fingerprint density at radius 2 is 2.05 bits per heavy atom. The van der Waals surface area contributed by atoms with Crippen LogP contribution in [0.1, 0.15) is 18.9 Å². The molecule has 1 fully saturated rings. The number of esters is 1. The third kappa shape index (κ3) is 4.46. The third-order valence-corrected chi connectivity index (χ3v) is 3.30. The average Bonchev–Trinajstić information content (AvgIpc) is 2.47. The zero-order valence-corrected chi connectivity index (χ0v) is 11.9. The van der Waals surface area contributed by atoms with Crippen molar-refractivity contribution in [2.75, 3.05) is 13.1 Å². The first kappa shape index (κ1) is 15.3. The molecule has 1 aromatic carbocycles. The van der Waals surface area contributed by atoms with Crippen molar-refractivity contribution in [2.24, 2.45) is 0 Å². The summed E-state index contributed by atoms with van der Waals surface area (Å²) >= 11 is 0. The van der Waals surface area contributed by atoms with Gasteiger partial charge in [0.25, 0.3) is 0 Å². The Labute approximate surface area is 123 Å². The molecule has 1 aromatic rings. The number of aliphatic hydroxyl groups is 1. The summed E-state index contributed by atoms with van der Waals surface area (Å²) in [5.74, 6) is -0.431. The van der Waals surface area contributed by atoms with Crippen LogP contribution in [0.4, 0.5) is 4.79 Å². The first-order valence-electron chi connectivity index (χ1n) is 6.87. The topological polar surface area (TPSA) is 76.1 Å². The van der Waals surface area contributed by atoms with Crippen molar-refractivity contribution in [2.45, 2.75) is 32.2 Å². The summed E-state index contributed by atoms with van der Waals surface area (Å²) in [4.78, 5) is 24.2. The molecule has 0 unspecified atom stereocenters. The molecule has 1 N–H and O–H groups in total. The minimum Gasteiger partial charge on any atom is -0.460 e. The highest BCUT2D eigenvalue weighted by Crippen LogP contribution is 2.16. The molecule has 0 saturated carbocycles. The molecule has 114 valence electrons. The molecule has 2 atom stereocenters. The summed E-state index contributed by atoms with van der Waals surface area (Å²) in [6.45, 7) is 1.99. The summed E-state index contributed by atoms with van der Waals surface area (Å²) in [7, 11) is 0. The van der Waals surface area contributed by atoms with Crippen LogP contribution in [0.5, 0.6) is 0 Å². The van der Waals surface area contributed by atoms with Gasteiger partial charge in [-0.2, -0.15) is 0 Å². The Morgan fingerprint density at radius 3 is 2.67 bits per heavy atom. The summed E-state index contributed by atoms with van der Waals surface area (Å²) in [6, 6.07) is 9.38. The maximum Gasteiger partial charge on any atom is 0.410 e. The molecule has 6 nitrogen and oxygen atoms in total. The van der Waals surface area contributed by atoms with Crippen molar-refractivity contribution in [3.63, 3.8) is 0 Å². The molecule has 0 spiro atoms. The summed E-state index contributed by atoms with van der Waals surface area (Å²) < 4.78 is 10.2. The number of hydrogen-bond donors (Lipinski definition) is 1. The normalized spacial score (nSPS) is 21.7. The first-order chi connectivity index (χ1) is 10.1. The maximum atomic E-state index is 11.9. The van der Waals surface area contributed by atoms with Crippen LogP contribution in [-0.4, -0.2) is 47.4 Å². The van der Waals surface area contributed by atoms with Gasteiger partial charge < -0.3 is 19.5 Å². The lowest BCUT2D eigenvalue weighted by Gasteiger charge is -2.34. The fourth-order valence-electron chi connectivity index (χ4n) is 2.24. The van der Waals surface area contributed by atoms with Gasteiger partial charge in [0.1, 0.15) is 18.8 Å². The number of piperidine rings is 1. The van der Waals surface area contributed by atoms with Crippen LogP contribution in [0.2, 0.25) is 0 Å². The Bertz CT molecular complexity index is 490. The van der Waals surface area contributed by atoms with Gasteiger partial charge >= 0.3 is 12.1 Å². The van der Waals surface area contributed by atoms with Crippen LogP contribution >= 0.6 is 0 Å². The van der Waals surface area contributed by atoms with Gasteiger partial charge in [0.2, 0.25) is 0 Å². The number of β-amino-alcohol motifs (C(OH)–C–C–N with tert-alkyl or cyclic N) is 1. The van der Waals surface area contributed by atoms with E-state index in [-0.39, 0.29) is 13.2 Å². The minimum atomic E-state index is -0.882. The van der Waals surface area contributed by atoms with Crippen molar-refractivity contribution < 1.29 is 24.2 Å². The zero-order chi connectivity index (χ0) is 15.2. The molecule has 0 bridgehead atoms. The number of benzene rings is 1. The standard InChI is InChI=1S/C15H19NO5/c1-11(17)21-14-7-8-16(9-13(14)18)15(19)20-10-12-5-3-2-4-6-12/h2-6,13-14,18H,7-10H2,1H3/t13-,14-/m1/s1. The van der Waals surface area contributed by atoms with Gasteiger partial charge in [0.05, 0.1) is 6.54 Å². The third-order valence-electron chi connectivity index (χ3n) is 3.30. The number of hydrogen-bond acceptors (Lipinski definition) is 5. The van der Waals surface area contributed by atoms with Crippen LogP contribution < -0.4 is 0 Å². The van der Waals surface area contributed by atoms with Gasteiger partial charge in [0.15, 0.2) is 0 Å². The molecule has 21 heavy (non-hydrogen) atoms. The summed E-state index contributed by atoms with van der Waals surface area (Å²) in [5.41, 5.74) is 0.904. The lowest BCUT2D eigenvalue weighted by Crippen LogP contribution is -2.50. The average molecular weight is 293 g/mol. The van der Waals surface area contributed by atoms with E-state index in [1.165, 1.54) is 11.8 Å². The second-order valence-corrected chi connectivity index (χ2v) is 4.99. The number of likely N-dealkylation sites (tertiary alicyclic amines) is 1. The van der Waals surface area contributed by atoms with Gasteiger partial charge in [-0.05, 0) is 5.56 Å². The predicted octanol–water partition coefficient (Wildman–Crippen LogP) is 1.32. The van der Waals surface area contributed by atoms with Crippen molar-refractivity contribution in [1.29, 1.82) is 0 Å². The van der Waals surface area contributed by atoms with E-state index in [0.717, 1.165) is 5.56 Å². The van der Waals surface area contributed by atoms with E-state index in [4.69, 9.17) is 9.47 Å². The number of amides is 1. The molecule has 1 saturated heterocycles. The highest BCUT2D eigenvalue weighted by atomic mass is 16.6. The molecule has 1 amide bonds. The van der Waals surface area contributed by atoms with Gasteiger partial charge in [0, 0.05) is 19.9 Å². The largest absolute Gasteiger partial charge is 0.460 e. The highest BCUT2D eigenvalue weighted by molar-refractivity contribution is 5.68. The van der Waals surface area contributed by atoms with E-state index >= 15 is 0 Å². The maximum absolute atomic E-state index is 11.9. The van der Waals surface area contributed by atoms with Gasteiger partial charge in [-0.15, -0.1) is 0 Å². The van der Waals surface area contributed by atoms with Crippen LogP contribution in [0, 0.1) is 0 Å². The Kier molecular flexibility index (Phi) is 5.16. The van der Waals surface area contributed by atoms with Gasteiger partial charge in [-0.3, -0.25) is 4.79 Å². The molecule has 0 aromatic heterocycles. The molecule has 0 aliphatic carbocycles. The van der Waals surface area contributed by atoms with Crippen molar-refractivity contribution in [3.05, 3.63) is 35.9 Å². The molecular weight excluding hydrogens is 274 g/mol. The molecule has 0 radical (unpaired) electrons. The van der Waals surface area contributed by atoms with Crippen LogP contribution in [-0.2, 0) is 20.9 Å². The fourth-order valence-corrected chi connectivity index (χ4v) is 2.24. The second kappa shape index (κ2) is 7.08. The van der Waals surface area contributed by atoms with Crippen molar-refractivity contribution >= 4 is 12.1 Å². The smallest absolute Gasteiger partial charge is 0.410 e. The molecule has 1 heterocycles. The number of carbonyl (C=O) groups is 2. The van der Waals surface area contributed by atoms with Crippen molar-refractivity contribution in [1.82, 2.24) is 4.90 Å². The highest BCUT2D eigenvalue weighted by Gasteiger charge is 2.32. The number of rotatable bonds is 3. The van der Waals surface area contributed by atoms with E-state index < -0.39 is 24.3 Å². The molecular formula is C15H19NO5. The number of ether oxygens (including phenoxy) is 2. The number of aliphatic hydroxyl groups excluding tert-OH is 1. The van der Waals surface area contributed by atoms with E-state index in [0.29, 0.717) is 13.0 Å². The summed E-state index contributed by atoms with van der Waals surface area (Å²) in [5, 5.41) is 9.90. The van der Waals surface area contributed by atoms with E-state index in [2.05, 4.69) is 0 Å². The van der Waals surface area contributed by atoms with E-state index in [1.807, 2.05) is 30.3 Å². The Hall–Kier alpha value is -2.08. The molecule has 6 heteroatoms. The Morgan fingerprint density at radius 1 is 1.33 bits per heavy atom. The predicted molar refractivity (Wildman–Crippen MR) is 74.4 cm³/mol. The first-order valence-corrected chi connectivity index (χ1v) is 6.87. The fraction of sp³-hybridized carbons (Fsp3) is 0.467. The quantitative estimate of drug-likeness (QED) is 0.851. The van der Waals surface area contributed by atoms with Crippen LogP contribution in [0.15, 0.2) is 30.3 Å². The minimum absolute atomic E-state index is 0.103. The Balaban J connectivity index is 1.80. The lowest BCUT2D eigenvalue weighted by molar-refractivity contribution is -0.156.